The first-order valence-corrected chi connectivity index (χ1v) is 7.55. The van der Waals surface area contributed by atoms with Crippen molar-refractivity contribution in [3.63, 3.8) is 0 Å². The molecule has 7 nitrogen and oxygen atoms in total. The second-order valence-electron chi connectivity index (χ2n) is 6.42. The summed E-state index contributed by atoms with van der Waals surface area (Å²) in [5.74, 6) is -0.787. The molecule has 1 rings (SSSR count). The van der Waals surface area contributed by atoms with Gasteiger partial charge in [0.15, 0.2) is 13.2 Å². The number of nitrogens with one attached hydrogen (secondary N) is 2. The molecule has 1 aromatic carbocycles. The van der Waals surface area contributed by atoms with Crippen LogP contribution in [0.5, 0.6) is 5.75 Å². The molecular formula is C17H24N2O5. The topological polar surface area (TPSA) is 93.7 Å². The highest BCUT2D eigenvalue weighted by atomic mass is 16.6. The van der Waals surface area contributed by atoms with Gasteiger partial charge in [-0.25, -0.2) is 9.59 Å². The van der Waals surface area contributed by atoms with Crippen LogP contribution in [0.2, 0.25) is 0 Å². The first-order valence-electron chi connectivity index (χ1n) is 7.55. The molecule has 0 saturated carbocycles. The third-order valence-corrected chi connectivity index (χ3v) is 2.85. The van der Waals surface area contributed by atoms with E-state index in [1.165, 1.54) is 0 Å². The lowest BCUT2D eigenvalue weighted by molar-refractivity contribution is -0.150. The second-order valence-corrected chi connectivity index (χ2v) is 6.42. The summed E-state index contributed by atoms with van der Waals surface area (Å²) in [7, 11) is 0. The van der Waals surface area contributed by atoms with Gasteiger partial charge < -0.3 is 14.8 Å². The van der Waals surface area contributed by atoms with Crippen molar-refractivity contribution < 1.29 is 23.9 Å². The van der Waals surface area contributed by atoms with Crippen molar-refractivity contribution in [2.24, 2.45) is 0 Å². The molecule has 0 spiro atoms. The van der Waals surface area contributed by atoms with Crippen molar-refractivity contribution in [3.8, 4) is 5.75 Å². The Kier molecular flexibility index (Phi) is 6.76. The molecule has 1 aromatic rings. The number of rotatable bonds is 5. The Bertz CT molecular complexity index is 600. The van der Waals surface area contributed by atoms with Gasteiger partial charge in [0.1, 0.15) is 5.75 Å². The van der Waals surface area contributed by atoms with Crippen molar-refractivity contribution in [3.05, 3.63) is 29.3 Å². The van der Waals surface area contributed by atoms with Gasteiger partial charge in [-0.05, 0) is 45.7 Å². The highest BCUT2D eigenvalue weighted by molar-refractivity contribution is 5.95. The molecule has 3 amide bonds. The minimum absolute atomic E-state index is 0.312. The standard InChI is InChI=1S/C17H24N2O5/c1-11-7-6-8-12(2)15(11)24-10-14(21)23-9-13(20)18-16(22)19-17(3,4)5/h6-8H,9-10H2,1-5H3,(H2,18,19,20,22). The number of para-hydroxylation sites is 1. The maximum atomic E-state index is 11.6. The van der Waals surface area contributed by atoms with E-state index in [-0.39, 0.29) is 6.61 Å². The molecule has 0 bridgehead atoms. The third kappa shape index (κ3) is 7.13. The number of hydrogen-bond acceptors (Lipinski definition) is 5. The van der Waals surface area contributed by atoms with Crippen LogP contribution < -0.4 is 15.4 Å². The van der Waals surface area contributed by atoms with Crippen LogP contribution in [0.3, 0.4) is 0 Å². The van der Waals surface area contributed by atoms with Gasteiger partial charge in [-0.1, -0.05) is 18.2 Å². The van der Waals surface area contributed by atoms with Crippen LogP contribution in [0.15, 0.2) is 18.2 Å². The maximum Gasteiger partial charge on any atom is 0.344 e. The van der Waals surface area contributed by atoms with Crippen LogP contribution in [-0.2, 0) is 14.3 Å². The number of ether oxygens (including phenoxy) is 2. The summed E-state index contributed by atoms with van der Waals surface area (Å²) >= 11 is 0. The van der Waals surface area contributed by atoms with Gasteiger partial charge in [-0.3, -0.25) is 10.1 Å². The number of imide groups is 1. The third-order valence-electron chi connectivity index (χ3n) is 2.85. The second kappa shape index (κ2) is 8.33. The Labute approximate surface area is 141 Å². The lowest BCUT2D eigenvalue weighted by Crippen LogP contribution is -2.49. The average Bonchev–Trinajstić information content (AvgIpc) is 2.42. The van der Waals surface area contributed by atoms with Crippen LogP contribution in [0.25, 0.3) is 0 Å². The van der Waals surface area contributed by atoms with E-state index >= 15 is 0 Å². The van der Waals surface area contributed by atoms with E-state index in [1.54, 1.807) is 20.8 Å². The minimum atomic E-state index is -0.711. The number of esters is 1. The fraction of sp³-hybridized carbons (Fsp3) is 0.471. The number of hydrogen-bond donors (Lipinski definition) is 2. The van der Waals surface area contributed by atoms with Gasteiger partial charge in [0, 0.05) is 5.54 Å². The number of aryl methyl sites for hydroxylation is 2. The van der Waals surface area contributed by atoms with Crippen molar-refractivity contribution >= 4 is 17.9 Å². The lowest BCUT2D eigenvalue weighted by Gasteiger charge is -2.20. The summed E-state index contributed by atoms with van der Waals surface area (Å²) in [6, 6.07) is 4.99. The summed E-state index contributed by atoms with van der Waals surface area (Å²) in [5.41, 5.74) is 1.33. The number of urea groups is 1. The predicted molar refractivity (Wildman–Crippen MR) is 88.8 cm³/mol. The lowest BCUT2D eigenvalue weighted by atomic mass is 10.1. The Morgan fingerprint density at radius 1 is 1.04 bits per heavy atom. The number of carbonyl (C=O) groups is 3. The summed E-state index contributed by atoms with van der Waals surface area (Å²) in [5, 5.41) is 4.64. The van der Waals surface area contributed by atoms with Gasteiger partial charge in [-0.15, -0.1) is 0 Å². The maximum absolute atomic E-state index is 11.6. The van der Waals surface area contributed by atoms with E-state index in [0.717, 1.165) is 11.1 Å². The molecule has 0 radical (unpaired) electrons. The van der Waals surface area contributed by atoms with Crippen LogP contribution in [-0.4, -0.2) is 36.7 Å². The molecule has 0 heterocycles. The Balaban J connectivity index is 2.36. The summed E-state index contributed by atoms with van der Waals surface area (Å²) in [4.78, 5) is 34.7. The zero-order chi connectivity index (χ0) is 18.3. The molecule has 0 aliphatic heterocycles. The molecule has 0 fully saturated rings. The first-order chi connectivity index (χ1) is 11.1. The van der Waals surface area contributed by atoms with Crippen LogP contribution in [0, 0.1) is 13.8 Å². The normalized spacial score (nSPS) is 10.7. The zero-order valence-corrected chi connectivity index (χ0v) is 14.7. The Hall–Kier alpha value is -2.57. The van der Waals surface area contributed by atoms with Gasteiger partial charge >= 0.3 is 12.0 Å². The van der Waals surface area contributed by atoms with Crippen LogP contribution in [0.4, 0.5) is 4.79 Å². The Morgan fingerprint density at radius 2 is 1.62 bits per heavy atom. The van der Waals surface area contributed by atoms with E-state index < -0.39 is 30.1 Å². The van der Waals surface area contributed by atoms with Gasteiger partial charge in [0.05, 0.1) is 0 Å². The number of amides is 3. The van der Waals surface area contributed by atoms with Crippen molar-refractivity contribution in [1.29, 1.82) is 0 Å². The van der Waals surface area contributed by atoms with Crippen LogP contribution >= 0.6 is 0 Å². The van der Waals surface area contributed by atoms with Crippen LogP contribution in [0.1, 0.15) is 31.9 Å². The molecule has 132 valence electrons. The first kappa shape index (κ1) is 19.5. The smallest absolute Gasteiger partial charge is 0.344 e. The molecule has 0 unspecified atom stereocenters. The zero-order valence-electron chi connectivity index (χ0n) is 14.7. The molecule has 7 heteroatoms. The molecule has 0 aromatic heterocycles. The molecular weight excluding hydrogens is 312 g/mol. The summed E-state index contributed by atoms with van der Waals surface area (Å²) in [6.07, 6.45) is 0. The van der Waals surface area contributed by atoms with Crippen molar-refractivity contribution in [1.82, 2.24) is 10.6 Å². The molecule has 2 N–H and O–H groups in total. The van der Waals surface area contributed by atoms with E-state index in [4.69, 9.17) is 9.47 Å². The van der Waals surface area contributed by atoms with Crippen molar-refractivity contribution in [2.75, 3.05) is 13.2 Å². The summed E-state index contributed by atoms with van der Waals surface area (Å²) in [6.45, 7) is 8.22. The Morgan fingerprint density at radius 3 is 2.17 bits per heavy atom. The minimum Gasteiger partial charge on any atom is -0.481 e. The van der Waals surface area contributed by atoms with Gasteiger partial charge in [0.2, 0.25) is 0 Å². The van der Waals surface area contributed by atoms with E-state index in [1.807, 2.05) is 32.0 Å². The number of benzene rings is 1. The quantitative estimate of drug-likeness (QED) is 0.800. The predicted octanol–water partition coefficient (Wildman–Crippen LogP) is 1.85. The number of carbonyl (C=O) groups excluding carboxylic acids is 3. The van der Waals surface area contributed by atoms with E-state index in [2.05, 4.69) is 10.6 Å². The van der Waals surface area contributed by atoms with Gasteiger partial charge in [0.25, 0.3) is 5.91 Å². The molecule has 0 atom stereocenters. The summed E-state index contributed by atoms with van der Waals surface area (Å²) < 4.78 is 10.2. The van der Waals surface area contributed by atoms with E-state index in [0.29, 0.717) is 5.75 Å². The molecule has 0 aliphatic rings. The van der Waals surface area contributed by atoms with Crippen molar-refractivity contribution in [2.45, 2.75) is 40.2 Å². The highest BCUT2D eigenvalue weighted by Gasteiger charge is 2.16. The molecule has 24 heavy (non-hydrogen) atoms. The molecule has 0 saturated heterocycles. The highest BCUT2D eigenvalue weighted by Crippen LogP contribution is 2.22. The van der Waals surface area contributed by atoms with Gasteiger partial charge in [-0.2, -0.15) is 0 Å². The largest absolute Gasteiger partial charge is 0.481 e. The SMILES string of the molecule is Cc1cccc(C)c1OCC(=O)OCC(=O)NC(=O)NC(C)(C)C. The molecule has 0 aliphatic carbocycles. The fourth-order valence-electron chi connectivity index (χ4n) is 1.88. The average molecular weight is 336 g/mol. The monoisotopic (exact) mass is 336 g/mol. The fourth-order valence-corrected chi connectivity index (χ4v) is 1.88. The van der Waals surface area contributed by atoms with E-state index in [9.17, 15) is 14.4 Å².